The number of halogens is 2. The van der Waals surface area contributed by atoms with Crippen LogP contribution in [0.4, 0.5) is 4.39 Å². The average Bonchev–Trinajstić information content (AvgIpc) is 2.63. The zero-order valence-electron chi connectivity index (χ0n) is 8.53. The molecule has 2 aromatic rings. The van der Waals surface area contributed by atoms with Gasteiger partial charge in [-0.1, -0.05) is 6.07 Å². The largest absolute Gasteiger partial charge is 0.326 e. The predicted octanol–water partition coefficient (Wildman–Crippen LogP) is 2.13. The van der Waals surface area contributed by atoms with Gasteiger partial charge < -0.3 is 5.73 Å². The Morgan fingerprint density at radius 1 is 1.31 bits per heavy atom. The Morgan fingerprint density at radius 3 is 2.69 bits per heavy atom. The van der Waals surface area contributed by atoms with Crippen molar-refractivity contribution in [3.63, 3.8) is 0 Å². The fourth-order valence-electron chi connectivity index (χ4n) is 1.54. The van der Waals surface area contributed by atoms with Crippen LogP contribution >= 0.6 is 22.6 Å². The van der Waals surface area contributed by atoms with Gasteiger partial charge in [-0.3, -0.25) is 4.68 Å². The fourth-order valence-corrected chi connectivity index (χ4v) is 1.98. The zero-order valence-corrected chi connectivity index (χ0v) is 10.7. The lowest BCUT2D eigenvalue weighted by Crippen LogP contribution is -2.03. The molecular formula is C11H11FIN3. The Hall–Kier alpha value is -0.950. The van der Waals surface area contributed by atoms with E-state index in [-0.39, 0.29) is 5.82 Å². The molecule has 2 rings (SSSR count). The van der Waals surface area contributed by atoms with Gasteiger partial charge in [-0.2, -0.15) is 5.10 Å². The van der Waals surface area contributed by atoms with Crippen molar-refractivity contribution in [3.8, 4) is 0 Å². The van der Waals surface area contributed by atoms with E-state index in [1.54, 1.807) is 10.9 Å². The highest BCUT2D eigenvalue weighted by molar-refractivity contribution is 14.1. The van der Waals surface area contributed by atoms with Gasteiger partial charge in [0.2, 0.25) is 0 Å². The molecule has 2 N–H and O–H groups in total. The van der Waals surface area contributed by atoms with E-state index < -0.39 is 0 Å². The molecular weight excluding hydrogens is 320 g/mol. The molecule has 0 radical (unpaired) electrons. The first-order valence-electron chi connectivity index (χ1n) is 4.84. The summed E-state index contributed by atoms with van der Waals surface area (Å²) in [4.78, 5) is 0. The summed E-state index contributed by atoms with van der Waals surface area (Å²) in [5, 5.41) is 4.15. The molecule has 1 heterocycles. The average molecular weight is 331 g/mol. The monoisotopic (exact) mass is 331 g/mol. The molecule has 1 aromatic carbocycles. The van der Waals surface area contributed by atoms with Crippen LogP contribution in [0.25, 0.3) is 0 Å². The van der Waals surface area contributed by atoms with Crippen molar-refractivity contribution in [3.05, 3.63) is 51.1 Å². The summed E-state index contributed by atoms with van der Waals surface area (Å²) in [7, 11) is 0. The normalized spacial score (nSPS) is 10.7. The molecule has 0 aliphatic heterocycles. The third kappa shape index (κ3) is 2.79. The number of hydrogen-bond acceptors (Lipinski definition) is 2. The Balaban J connectivity index is 2.24. The maximum atomic E-state index is 13.2. The van der Waals surface area contributed by atoms with Crippen LogP contribution in [0, 0.1) is 9.39 Å². The summed E-state index contributed by atoms with van der Waals surface area (Å²) in [5.74, 6) is -0.250. The van der Waals surface area contributed by atoms with E-state index in [0.717, 1.165) is 14.7 Å². The fraction of sp³-hybridized carbons (Fsp3) is 0.182. The number of rotatable bonds is 3. The van der Waals surface area contributed by atoms with Crippen molar-refractivity contribution in [2.24, 2.45) is 5.73 Å². The van der Waals surface area contributed by atoms with Crippen LogP contribution < -0.4 is 5.73 Å². The van der Waals surface area contributed by atoms with Gasteiger partial charge in [-0.25, -0.2) is 4.39 Å². The van der Waals surface area contributed by atoms with Crippen molar-refractivity contribution in [2.45, 2.75) is 13.1 Å². The second kappa shape index (κ2) is 4.92. The predicted molar refractivity (Wildman–Crippen MR) is 68.3 cm³/mol. The first kappa shape index (κ1) is 11.5. The number of nitrogens with zero attached hydrogens (tertiary/aromatic N) is 2. The molecule has 0 amide bonds. The minimum Gasteiger partial charge on any atom is -0.326 e. The second-order valence-corrected chi connectivity index (χ2v) is 4.77. The lowest BCUT2D eigenvalue weighted by molar-refractivity contribution is 0.616. The summed E-state index contributed by atoms with van der Waals surface area (Å²) in [6.07, 6.45) is 3.68. The Bertz CT molecular complexity index is 496. The lowest BCUT2D eigenvalue weighted by Gasteiger charge is -2.05. The van der Waals surface area contributed by atoms with Crippen LogP contribution in [0.5, 0.6) is 0 Å². The first-order chi connectivity index (χ1) is 7.67. The van der Waals surface area contributed by atoms with Crippen molar-refractivity contribution < 1.29 is 4.39 Å². The smallest absolute Gasteiger partial charge is 0.123 e. The van der Waals surface area contributed by atoms with Crippen LogP contribution in [0.15, 0.2) is 30.6 Å². The van der Waals surface area contributed by atoms with Gasteiger partial charge in [0.25, 0.3) is 0 Å². The SMILES string of the molecule is NCc1cc(F)cc(Cn2cc(I)cn2)c1. The number of hydrogen-bond donors (Lipinski definition) is 1. The van der Waals surface area contributed by atoms with E-state index in [0.29, 0.717) is 13.1 Å². The molecule has 0 atom stereocenters. The molecule has 0 fully saturated rings. The summed E-state index contributed by atoms with van der Waals surface area (Å²) in [5.41, 5.74) is 7.17. The molecule has 1 aromatic heterocycles. The molecule has 16 heavy (non-hydrogen) atoms. The van der Waals surface area contributed by atoms with Crippen LogP contribution in [0.3, 0.4) is 0 Å². The molecule has 0 saturated heterocycles. The molecule has 5 heteroatoms. The Morgan fingerprint density at radius 2 is 2.06 bits per heavy atom. The highest BCUT2D eigenvalue weighted by atomic mass is 127. The number of aromatic nitrogens is 2. The highest BCUT2D eigenvalue weighted by Crippen LogP contribution is 2.11. The van der Waals surface area contributed by atoms with E-state index >= 15 is 0 Å². The van der Waals surface area contributed by atoms with E-state index in [2.05, 4.69) is 27.7 Å². The molecule has 0 spiro atoms. The topological polar surface area (TPSA) is 43.8 Å². The Kier molecular flexibility index (Phi) is 3.55. The Labute approximate surface area is 107 Å². The first-order valence-corrected chi connectivity index (χ1v) is 5.91. The maximum absolute atomic E-state index is 13.2. The molecule has 84 valence electrons. The van der Waals surface area contributed by atoms with Gasteiger partial charge in [0.1, 0.15) is 5.82 Å². The maximum Gasteiger partial charge on any atom is 0.123 e. The van der Waals surface area contributed by atoms with Crippen molar-refractivity contribution in [2.75, 3.05) is 0 Å². The summed E-state index contributed by atoms with van der Waals surface area (Å²) < 4.78 is 16.1. The second-order valence-electron chi connectivity index (χ2n) is 3.53. The van der Waals surface area contributed by atoms with E-state index in [9.17, 15) is 4.39 Å². The number of nitrogens with two attached hydrogens (primary N) is 1. The minimum absolute atomic E-state index is 0.250. The highest BCUT2D eigenvalue weighted by Gasteiger charge is 2.02. The zero-order chi connectivity index (χ0) is 11.5. The third-order valence-corrected chi connectivity index (χ3v) is 2.76. The van der Waals surface area contributed by atoms with Crippen LogP contribution in [0.1, 0.15) is 11.1 Å². The van der Waals surface area contributed by atoms with Crippen LogP contribution in [-0.2, 0) is 13.1 Å². The van der Waals surface area contributed by atoms with E-state index in [1.165, 1.54) is 12.1 Å². The number of benzene rings is 1. The minimum atomic E-state index is -0.250. The van der Waals surface area contributed by atoms with Gasteiger partial charge in [0.15, 0.2) is 0 Å². The summed E-state index contributed by atoms with van der Waals surface area (Å²) in [6.45, 7) is 0.912. The van der Waals surface area contributed by atoms with Gasteiger partial charge in [-0.15, -0.1) is 0 Å². The lowest BCUT2D eigenvalue weighted by atomic mass is 10.1. The van der Waals surface area contributed by atoms with Gasteiger partial charge in [0.05, 0.1) is 16.3 Å². The van der Waals surface area contributed by atoms with E-state index in [1.807, 2.05) is 12.3 Å². The summed E-state index contributed by atoms with van der Waals surface area (Å²) in [6, 6.07) is 4.86. The third-order valence-electron chi connectivity index (χ3n) is 2.20. The quantitative estimate of drug-likeness (QED) is 0.876. The van der Waals surface area contributed by atoms with E-state index in [4.69, 9.17) is 5.73 Å². The van der Waals surface area contributed by atoms with Crippen LogP contribution in [0.2, 0.25) is 0 Å². The molecule has 0 unspecified atom stereocenters. The van der Waals surface area contributed by atoms with Crippen LogP contribution in [-0.4, -0.2) is 9.78 Å². The summed E-state index contributed by atoms with van der Waals surface area (Å²) >= 11 is 2.19. The molecule has 0 bridgehead atoms. The van der Waals surface area contributed by atoms with Gasteiger partial charge in [0, 0.05) is 12.7 Å². The molecule has 0 saturated carbocycles. The van der Waals surface area contributed by atoms with Crippen molar-refractivity contribution in [1.29, 1.82) is 0 Å². The molecule has 0 aliphatic carbocycles. The standard InChI is InChI=1S/C11H11FIN3/c12-10-2-8(4-14)1-9(3-10)6-16-7-11(13)5-15-16/h1-3,5,7H,4,6,14H2. The molecule has 0 aliphatic rings. The van der Waals surface area contributed by atoms with Crippen molar-refractivity contribution in [1.82, 2.24) is 9.78 Å². The molecule has 3 nitrogen and oxygen atoms in total. The van der Waals surface area contributed by atoms with Crippen molar-refractivity contribution >= 4 is 22.6 Å². The van der Waals surface area contributed by atoms with Gasteiger partial charge >= 0.3 is 0 Å². The van der Waals surface area contributed by atoms with Gasteiger partial charge in [-0.05, 0) is 45.9 Å².